The molecule has 4 rings (SSSR count). The molecule has 2 heterocycles. The van der Waals surface area contributed by atoms with Gasteiger partial charge in [-0.05, 0) is 50.3 Å². The first-order valence-electron chi connectivity index (χ1n) is 10.6. The first kappa shape index (κ1) is 23.4. The van der Waals surface area contributed by atoms with Crippen LogP contribution in [0.1, 0.15) is 51.4 Å². The van der Waals surface area contributed by atoms with Crippen molar-refractivity contribution >= 4 is 23.3 Å². The smallest absolute Gasteiger partial charge is 0.293 e. The van der Waals surface area contributed by atoms with Crippen LogP contribution >= 0.6 is 0 Å². The lowest BCUT2D eigenvalue weighted by molar-refractivity contribution is -0.117. The van der Waals surface area contributed by atoms with Gasteiger partial charge in [0.2, 0.25) is 0 Å². The second-order valence-corrected chi connectivity index (χ2v) is 8.36. The Hall–Kier alpha value is -3.80. The predicted octanol–water partition coefficient (Wildman–Crippen LogP) is 1.51. The van der Waals surface area contributed by atoms with Gasteiger partial charge in [-0.15, -0.1) is 0 Å². The van der Waals surface area contributed by atoms with Crippen LogP contribution in [-0.4, -0.2) is 27.7 Å². The lowest BCUT2D eigenvalue weighted by atomic mass is 10.0. The average Bonchev–Trinajstić information content (AvgIpc) is 3.34. The van der Waals surface area contributed by atoms with Crippen LogP contribution in [0.4, 0.5) is 18.9 Å². The van der Waals surface area contributed by atoms with Crippen molar-refractivity contribution in [2.75, 3.05) is 5.32 Å². The summed E-state index contributed by atoms with van der Waals surface area (Å²) in [5.74, 6) is -1.93. The van der Waals surface area contributed by atoms with Crippen molar-refractivity contribution in [1.29, 1.82) is 0 Å². The van der Waals surface area contributed by atoms with E-state index in [0.29, 0.717) is 44.0 Å². The number of halogens is 3. The molecule has 0 atom stereocenters. The second kappa shape index (κ2) is 8.52. The number of rotatable bonds is 7. The normalized spacial score (nSPS) is 16.1. The van der Waals surface area contributed by atoms with Crippen molar-refractivity contribution in [2.24, 2.45) is 11.6 Å². The summed E-state index contributed by atoms with van der Waals surface area (Å²) in [4.78, 5) is 38.9. The van der Waals surface area contributed by atoms with Crippen LogP contribution in [0.2, 0.25) is 0 Å². The van der Waals surface area contributed by atoms with Gasteiger partial charge in [-0.3, -0.25) is 20.2 Å². The number of hydrogen-bond donors (Lipinski definition) is 5. The molecule has 7 N–H and O–H groups in total. The molecule has 1 aromatic heterocycles. The molecule has 2 aliphatic rings. The first-order valence-corrected chi connectivity index (χ1v) is 10.6. The molecule has 0 bridgehead atoms. The van der Waals surface area contributed by atoms with Gasteiger partial charge in [0.25, 0.3) is 17.6 Å². The summed E-state index contributed by atoms with van der Waals surface area (Å²) in [5.41, 5.74) is 7.96. The Bertz CT molecular complexity index is 1250. The minimum Gasteiger partial charge on any atom is -0.399 e. The molecule has 1 aromatic carbocycles. The highest BCUT2D eigenvalue weighted by Gasteiger charge is 2.48. The van der Waals surface area contributed by atoms with Gasteiger partial charge in [-0.25, -0.2) is 13.2 Å². The third-order valence-electron chi connectivity index (χ3n) is 6.24. The lowest BCUT2D eigenvalue weighted by Crippen LogP contribution is -2.45. The number of amides is 2. The number of fused-ring (bicyclic) bond motifs is 1. The molecule has 0 unspecified atom stereocenters. The fourth-order valence-corrected chi connectivity index (χ4v) is 4.34. The fourth-order valence-electron chi connectivity index (χ4n) is 4.34. The van der Waals surface area contributed by atoms with Crippen molar-refractivity contribution in [3.05, 3.63) is 64.0 Å². The van der Waals surface area contributed by atoms with E-state index < -0.39 is 46.3 Å². The number of nitrogens with zero attached hydrogens (tertiary/aromatic N) is 1. The lowest BCUT2D eigenvalue weighted by Gasteiger charge is -2.17. The van der Waals surface area contributed by atoms with E-state index in [1.807, 2.05) is 0 Å². The number of nitrogens with one attached hydrogen (secondary N) is 3. The predicted molar refractivity (Wildman–Crippen MR) is 116 cm³/mol. The van der Waals surface area contributed by atoms with E-state index in [-0.39, 0.29) is 22.5 Å². The zero-order chi connectivity index (χ0) is 24.8. The van der Waals surface area contributed by atoms with E-state index in [0.717, 1.165) is 6.07 Å². The first-order chi connectivity index (χ1) is 16.1. The van der Waals surface area contributed by atoms with Crippen molar-refractivity contribution in [1.82, 2.24) is 15.3 Å². The number of hydrazine groups is 1. The van der Waals surface area contributed by atoms with Gasteiger partial charge in [0, 0.05) is 18.4 Å². The minimum absolute atomic E-state index is 0.0423. The van der Waals surface area contributed by atoms with Gasteiger partial charge >= 0.3 is 0 Å². The molecule has 0 radical (unpaired) electrons. The Balaban J connectivity index is 1.63. The molecule has 1 aliphatic carbocycles. The quantitative estimate of drug-likeness (QED) is 0.135. The number of anilines is 1. The topological polar surface area (TPSA) is 144 Å². The average molecular weight is 476 g/mol. The highest BCUT2D eigenvalue weighted by molar-refractivity contribution is 6.44. The molecule has 0 saturated heterocycles. The summed E-state index contributed by atoms with van der Waals surface area (Å²) in [6.07, 6.45) is 3.48. The van der Waals surface area contributed by atoms with E-state index >= 15 is 0 Å². The van der Waals surface area contributed by atoms with Crippen molar-refractivity contribution in [2.45, 2.75) is 44.7 Å². The maximum absolute atomic E-state index is 14.1. The van der Waals surface area contributed by atoms with Crippen molar-refractivity contribution in [3.8, 4) is 0 Å². The summed E-state index contributed by atoms with van der Waals surface area (Å²) >= 11 is 0. The van der Waals surface area contributed by atoms with Crippen LogP contribution in [0.3, 0.4) is 0 Å². The van der Waals surface area contributed by atoms with Crippen LogP contribution in [0.25, 0.3) is 0 Å². The summed E-state index contributed by atoms with van der Waals surface area (Å²) in [5, 5.41) is 4.88. The highest BCUT2D eigenvalue weighted by atomic mass is 19.2. The Morgan fingerprint density at radius 3 is 2.50 bits per heavy atom. The Morgan fingerprint density at radius 2 is 1.85 bits per heavy atom. The zero-order valence-corrected chi connectivity index (χ0v) is 18.2. The molecule has 1 aliphatic heterocycles. The van der Waals surface area contributed by atoms with Gasteiger partial charge < -0.3 is 26.4 Å². The van der Waals surface area contributed by atoms with Gasteiger partial charge in [0.1, 0.15) is 5.69 Å². The number of aromatic nitrogens is 1. The molecule has 180 valence electrons. The van der Waals surface area contributed by atoms with Gasteiger partial charge in [0.15, 0.2) is 17.5 Å². The summed E-state index contributed by atoms with van der Waals surface area (Å²) in [7, 11) is 0. The van der Waals surface area contributed by atoms with E-state index in [2.05, 4.69) is 16.1 Å². The molecule has 9 nitrogen and oxygen atoms in total. The highest BCUT2D eigenvalue weighted by Crippen LogP contribution is 2.40. The summed E-state index contributed by atoms with van der Waals surface area (Å²) in [6.45, 7) is 1.90. The number of Topliss-reactive ketones (excluding diaryl/α,β-unsaturated/α-hetero) is 1. The van der Waals surface area contributed by atoms with Crippen molar-refractivity contribution < 1.29 is 27.6 Å². The van der Waals surface area contributed by atoms with Crippen molar-refractivity contribution in [3.63, 3.8) is 0 Å². The number of carbonyl (C=O) groups excluding carboxylic acids is 3. The summed E-state index contributed by atoms with van der Waals surface area (Å²) in [6, 6.07) is 1.59. The number of carbonyl (C=O) groups is 3. The maximum atomic E-state index is 14.1. The number of benzene rings is 1. The maximum Gasteiger partial charge on any atom is 0.293 e. The van der Waals surface area contributed by atoms with Crippen LogP contribution in [0.5, 0.6) is 0 Å². The zero-order valence-electron chi connectivity index (χ0n) is 18.2. The third-order valence-corrected chi connectivity index (χ3v) is 6.24. The second-order valence-electron chi connectivity index (χ2n) is 8.36. The van der Waals surface area contributed by atoms with E-state index in [1.54, 1.807) is 4.57 Å². The van der Waals surface area contributed by atoms with E-state index in [4.69, 9.17) is 11.6 Å². The molecule has 1 saturated carbocycles. The van der Waals surface area contributed by atoms with Gasteiger partial charge in [-0.1, -0.05) is 0 Å². The molecule has 2 aromatic rings. The molecular formula is C22H23F3N6O3. The number of nitrogens with two attached hydrogens (primary N) is 2. The Labute approximate surface area is 192 Å². The largest absolute Gasteiger partial charge is 0.399 e. The van der Waals surface area contributed by atoms with Crippen LogP contribution in [0.15, 0.2) is 24.0 Å². The summed E-state index contributed by atoms with van der Waals surface area (Å²) < 4.78 is 42.4. The number of hydrogen-bond acceptors (Lipinski definition) is 6. The van der Waals surface area contributed by atoms with E-state index in [1.165, 1.54) is 13.1 Å². The van der Waals surface area contributed by atoms with E-state index in [9.17, 15) is 27.6 Å². The minimum atomic E-state index is -1.71. The SMILES string of the molecule is Cc1c(C(=O)C(=O)NC2(/C(N)=C/NN)CC2)c2n(c1C(=O)Nc1ccc(F)c(F)c1F)CCC2. The van der Waals surface area contributed by atoms with Crippen LogP contribution < -0.4 is 27.6 Å². The van der Waals surface area contributed by atoms with Crippen LogP contribution in [0, 0.1) is 24.4 Å². The fraction of sp³-hybridized carbons (Fsp3) is 0.318. The molecular weight excluding hydrogens is 453 g/mol. The van der Waals surface area contributed by atoms with Gasteiger partial charge in [0.05, 0.1) is 22.5 Å². The monoisotopic (exact) mass is 476 g/mol. The Morgan fingerprint density at radius 1 is 1.15 bits per heavy atom. The molecule has 34 heavy (non-hydrogen) atoms. The standard InChI is InChI=1S/C22H23F3N6O3/c1-10-15(19(32)21(34)30-22(6-7-22)14(26)9-28-27)13-3-2-8-31(13)18(10)20(33)29-12-5-4-11(23)16(24)17(12)25/h4-5,9,28H,2-3,6-8,26-27H2,1H3,(H,29,33)(H,30,34)/b14-9-. The molecule has 12 heteroatoms. The molecule has 0 spiro atoms. The third kappa shape index (κ3) is 3.79. The van der Waals surface area contributed by atoms with Gasteiger partial charge in [-0.2, -0.15) is 0 Å². The Kier molecular flexibility index (Phi) is 5.86. The molecule has 1 fully saturated rings. The van der Waals surface area contributed by atoms with Crippen LogP contribution in [-0.2, 0) is 17.8 Å². The number of ketones is 1. The molecule has 2 amide bonds.